The summed E-state index contributed by atoms with van der Waals surface area (Å²) in [6, 6.07) is 9.96. The molecule has 3 heterocycles. The van der Waals surface area contributed by atoms with Gasteiger partial charge in [0.05, 0.1) is 27.7 Å². The van der Waals surface area contributed by atoms with Gasteiger partial charge in [0.1, 0.15) is 11.8 Å². The lowest BCUT2D eigenvalue weighted by Crippen LogP contribution is -2.40. The molecule has 2 aromatic carbocycles. The van der Waals surface area contributed by atoms with Gasteiger partial charge in [0.25, 0.3) is 0 Å². The summed E-state index contributed by atoms with van der Waals surface area (Å²) in [7, 11) is 0. The van der Waals surface area contributed by atoms with Crippen LogP contribution in [0.25, 0.3) is 21.5 Å². The monoisotopic (exact) mass is 582 g/mol. The molecular weight excluding hydrogens is 557 g/mol. The van der Waals surface area contributed by atoms with Crippen LogP contribution in [0.4, 0.5) is 24.0 Å². The number of para-hydroxylation sites is 1. The van der Waals surface area contributed by atoms with Gasteiger partial charge >= 0.3 is 6.18 Å². The quantitative estimate of drug-likeness (QED) is 0.272. The number of fused-ring (bicyclic) bond motifs is 1. The lowest BCUT2D eigenvalue weighted by Gasteiger charge is -2.24. The van der Waals surface area contributed by atoms with E-state index in [1.807, 2.05) is 6.07 Å². The third-order valence-electron chi connectivity index (χ3n) is 7.01. The van der Waals surface area contributed by atoms with Crippen molar-refractivity contribution >= 4 is 44.2 Å². The van der Waals surface area contributed by atoms with E-state index in [2.05, 4.69) is 30.5 Å². The average molecular weight is 583 g/mol. The van der Waals surface area contributed by atoms with Gasteiger partial charge in [0.2, 0.25) is 17.7 Å². The molecule has 1 saturated carbocycles. The average Bonchev–Trinajstić information content (AvgIpc) is 3.49. The van der Waals surface area contributed by atoms with Gasteiger partial charge in [0.15, 0.2) is 10.9 Å². The van der Waals surface area contributed by atoms with Crippen molar-refractivity contribution in [3.8, 4) is 22.9 Å². The Morgan fingerprint density at radius 3 is 2.66 bits per heavy atom. The number of alkyl halides is 3. The Bertz CT molecular complexity index is 1640. The minimum absolute atomic E-state index is 0.0127. The molecule has 0 radical (unpaired) electrons. The summed E-state index contributed by atoms with van der Waals surface area (Å²) in [4.78, 5) is 39.7. The number of likely N-dealkylation sites (tertiary alicyclic amines) is 1. The van der Waals surface area contributed by atoms with Crippen LogP contribution in [0.2, 0.25) is 0 Å². The summed E-state index contributed by atoms with van der Waals surface area (Å²) in [5.41, 5.74) is 0.223. The Balaban J connectivity index is 1.31. The number of carbonyl (C=O) groups is 2. The highest BCUT2D eigenvalue weighted by Crippen LogP contribution is 2.39. The smallest absolute Gasteiger partial charge is 0.416 e. The molecule has 2 N–H and O–H groups in total. The molecule has 41 heavy (non-hydrogen) atoms. The van der Waals surface area contributed by atoms with Crippen molar-refractivity contribution in [1.29, 1.82) is 0 Å². The number of benzene rings is 2. The van der Waals surface area contributed by atoms with Gasteiger partial charge < -0.3 is 15.4 Å². The molecule has 0 unspecified atom stereocenters. The molecule has 0 bridgehead atoms. The predicted octanol–water partition coefficient (Wildman–Crippen LogP) is 6.09. The molecule has 1 atom stereocenters. The molecule has 2 aliphatic rings. The van der Waals surface area contributed by atoms with E-state index in [0.29, 0.717) is 34.4 Å². The van der Waals surface area contributed by atoms with Crippen molar-refractivity contribution in [2.24, 2.45) is 0 Å². The number of amides is 2. The molecule has 13 heteroatoms. The van der Waals surface area contributed by atoms with Crippen molar-refractivity contribution in [3.05, 3.63) is 54.4 Å². The fourth-order valence-corrected chi connectivity index (χ4v) is 5.97. The summed E-state index contributed by atoms with van der Waals surface area (Å²) in [5.74, 6) is -0.0722. The number of thiazole rings is 1. The molecule has 212 valence electrons. The number of nitrogens with zero attached hydrogens (tertiary/aromatic N) is 4. The van der Waals surface area contributed by atoms with Crippen LogP contribution in [-0.2, 0) is 15.8 Å². The zero-order valence-corrected chi connectivity index (χ0v) is 22.7. The van der Waals surface area contributed by atoms with Crippen molar-refractivity contribution in [1.82, 2.24) is 19.9 Å². The first-order valence-electron chi connectivity index (χ1n) is 13.1. The highest BCUT2D eigenvalue weighted by atomic mass is 32.1. The van der Waals surface area contributed by atoms with E-state index in [1.165, 1.54) is 36.7 Å². The number of anilines is 2. The Labute approximate surface area is 236 Å². The topological polar surface area (TPSA) is 109 Å². The maximum atomic E-state index is 13.6. The SMILES string of the molecule is CC(=O)Nc1nc2c(Oc3cc(-c4ccc(C(F)(F)F)cc4NC(=O)[C@@H]4CCCN4C4CC4)ncn3)cccc2s1. The number of aromatic nitrogens is 3. The Morgan fingerprint density at radius 1 is 1.07 bits per heavy atom. The van der Waals surface area contributed by atoms with E-state index in [9.17, 15) is 22.8 Å². The van der Waals surface area contributed by atoms with Gasteiger partial charge in [-0.1, -0.05) is 23.5 Å². The number of rotatable bonds is 7. The summed E-state index contributed by atoms with van der Waals surface area (Å²) >= 11 is 1.29. The summed E-state index contributed by atoms with van der Waals surface area (Å²) in [5, 5.41) is 5.83. The highest BCUT2D eigenvalue weighted by molar-refractivity contribution is 7.22. The second-order valence-electron chi connectivity index (χ2n) is 10.0. The summed E-state index contributed by atoms with van der Waals surface area (Å²) < 4.78 is 47.7. The van der Waals surface area contributed by atoms with Crippen molar-refractivity contribution in [3.63, 3.8) is 0 Å². The molecule has 2 fully saturated rings. The summed E-state index contributed by atoms with van der Waals surface area (Å²) in [6.07, 6.45) is 0.247. The fraction of sp³-hybridized carbons (Fsp3) is 0.321. The zero-order valence-electron chi connectivity index (χ0n) is 21.9. The van der Waals surface area contributed by atoms with Crippen LogP contribution in [0, 0.1) is 0 Å². The number of carbonyl (C=O) groups excluding carboxylic acids is 2. The largest absolute Gasteiger partial charge is 0.437 e. The molecule has 1 saturated heterocycles. The standard InChI is InChI=1S/C28H25F3N6O3S/c1-15(38)34-27-36-25-22(5-2-6-23(25)41-27)40-24-13-19(32-14-33-24)18-10-7-16(28(29,30)31)12-20(18)35-26(39)21-4-3-11-37(21)17-8-9-17/h2,5-7,10,12-14,17,21H,3-4,8-9,11H2,1H3,(H,35,39)(H,34,36,38)/t21-/m0/s1. The van der Waals surface area contributed by atoms with Crippen LogP contribution in [0.15, 0.2) is 48.8 Å². The van der Waals surface area contributed by atoms with Crippen molar-refractivity contribution in [2.45, 2.75) is 50.9 Å². The molecule has 1 aliphatic heterocycles. The number of halogens is 3. The third kappa shape index (κ3) is 5.86. The first-order valence-corrected chi connectivity index (χ1v) is 13.9. The van der Waals surface area contributed by atoms with Gasteiger partial charge in [-0.05, 0) is 56.5 Å². The van der Waals surface area contributed by atoms with Gasteiger partial charge in [0, 0.05) is 24.6 Å². The highest BCUT2D eigenvalue weighted by Gasteiger charge is 2.40. The molecule has 1 aliphatic carbocycles. The normalized spacial score (nSPS) is 17.5. The van der Waals surface area contributed by atoms with Crippen LogP contribution in [0.1, 0.15) is 38.2 Å². The van der Waals surface area contributed by atoms with E-state index in [4.69, 9.17) is 4.74 Å². The van der Waals surface area contributed by atoms with E-state index in [1.54, 1.807) is 12.1 Å². The Morgan fingerprint density at radius 2 is 1.90 bits per heavy atom. The Hall–Kier alpha value is -4.10. The molecule has 2 amide bonds. The van der Waals surface area contributed by atoms with Gasteiger partial charge in [-0.3, -0.25) is 14.5 Å². The molecule has 2 aromatic heterocycles. The van der Waals surface area contributed by atoms with Gasteiger partial charge in [-0.25, -0.2) is 15.0 Å². The van der Waals surface area contributed by atoms with Crippen molar-refractivity contribution in [2.75, 3.05) is 17.2 Å². The second kappa shape index (κ2) is 10.7. The van der Waals surface area contributed by atoms with E-state index in [0.717, 1.165) is 42.6 Å². The fourth-order valence-electron chi connectivity index (χ4n) is 5.04. The predicted molar refractivity (Wildman–Crippen MR) is 148 cm³/mol. The molecule has 0 spiro atoms. The lowest BCUT2D eigenvalue weighted by molar-refractivity contribution is -0.137. The van der Waals surface area contributed by atoms with Crippen LogP contribution in [0.3, 0.4) is 0 Å². The first-order chi connectivity index (χ1) is 19.7. The number of nitrogens with one attached hydrogen (secondary N) is 2. The number of hydrogen-bond donors (Lipinski definition) is 2. The van der Waals surface area contributed by atoms with E-state index < -0.39 is 11.7 Å². The first kappa shape index (κ1) is 27.1. The van der Waals surface area contributed by atoms with E-state index >= 15 is 0 Å². The number of ether oxygens (including phenoxy) is 1. The molecular formula is C28H25F3N6O3S. The molecule has 9 nitrogen and oxygen atoms in total. The van der Waals surface area contributed by atoms with Crippen molar-refractivity contribution < 1.29 is 27.5 Å². The Kier molecular flexibility index (Phi) is 7.08. The minimum Gasteiger partial charge on any atom is -0.437 e. The summed E-state index contributed by atoms with van der Waals surface area (Å²) in [6.45, 7) is 2.20. The second-order valence-corrected chi connectivity index (χ2v) is 11.1. The third-order valence-corrected chi connectivity index (χ3v) is 7.95. The van der Waals surface area contributed by atoms with Gasteiger partial charge in [-0.15, -0.1) is 0 Å². The van der Waals surface area contributed by atoms with E-state index in [-0.39, 0.29) is 35.1 Å². The molecule has 6 rings (SSSR count). The molecule has 4 aromatic rings. The van der Waals surface area contributed by atoms with Crippen LogP contribution in [0.5, 0.6) is 11.6 Å². The van der Waals surface area contributed by atoms with Crippen LogP contribution >= 0.6 is 11.3 Å². The zero-order chi connectivity index (χ0) is 28.7. The van der Waals surface area contributed by atoms with Gasteiger partial charge in [-0.2, -0.15) is 13.2 Å². The van der Waals surface area contributed by atoms with Crippen LogP contribution < -0.4 is 15.4 Å². The minimum atomic E-state index is -4.59. The number of hydrogen-bond acceptors (Lipinski definition) is 8. The maximum absolute atomic E-state index is 13.6. The lowest BCUT2D eigenvalue weighted by atomic mass is 10.0. The van der Waals surface area contributed by atoms with Crippen LogP contribution in [-0.4, -0.2) is 50.3 Å². The maximum Gasteiger partial charge on any atom is 0.416 e.